The highest BCUT2D eigenvalue weighted by molar-refractivity contribution is 6.32. The fourth-order valence-electron chi connectivity index (χ4n) is 2.40. The molecule has 0 aliphatic carbocycles. The monoisotopic (exact) mass is 338 g/mol. The Bertz CT molecular complexity index is 945. The van der Waals surface area contributed by atoms with Crippen molar-refractivity contribution < 1.29 is 14.6 Å². The maximum atomic E-state index is 12.3. The SMILES string of the molecule is COc1ccc2cc(C(=O)/C=C/c3ccc(O)c(Cl)c3)ccc2c1. The summed E-state index contributed by atoms with van der Waals surface area (Å²) in [6.07, 6.45) is 3.17. The first-order valence-electron chi connectivity index (χ1n) is 7.35. The van der Waals surface area contributed by atoms with Crippen molar-refractivity contribution in [1.29, 1.82) is 0 Å². The Kier molecular flexibility index (Phi) is 4.54. The number of hydrogen-bond donors (Lipinski definition) is 1. The van der Waals surface area contributed by atoms with Crippen molar-refractivity contribution in [1.82, 2.24) is 0 Å². The van der Waals surface area contributed by atoms with Gasteiger partial charge in [0.05, 0.1) is 12.1 Å². The molecule has 0 atom stereocenters. The van der Waals surface area contributed by atoms with Gasteiger partial charge in [0.2, 0.25) is 0 Å². The third-order valence-corrected chi connectivity index (χ3v) is 4.03. The molecule has 0 radical (unpaired) electrons. The molecular formula is C20H15ClO3. The maximum absolute atomic E-state index is 12.3. The molecule has 24 heavy (non-hydrogen) atoms. The van der Waals surface area contributed by atoms with Crippen molar-refractivity contribution in [2.45, 2.75) is 0 Å². The number of methoxy groups -OCH3 is 1. The quantitative estimate of drug-likeness (QED) is 0.531. The van der Waals surface area contributed by atoms with Gasteiger partial charge in [-0.15, -0.1) is 0 Å². The van der Waals surface area contributed by atoms with E-state index in [0.717, 1.165) is 22.1 Å². The molecule has 3 aromatic rings. The zero-order valence-electron chi connectivity index (χ0n) is 13.0. The fourth-order valence-corrected chi connectivity index (χ4v) is 2.59. The normalized spacial score (nSPS) is 11.1. The number of phenols is 1. The van der Waals surface area contributed by atoms with E-state index in [1.54, 1.807) is 31.4 Å². The topological polar surface area (TPSA) is 46.5 Å². The largest absolute Gasteiger partial charge is 0.506 e. The number of carbonyl (C=O) groups excluding carboxylic acids is 1. The number of hydrogen-bond acceptors (Lipinski definition) is 3. The molecule has 0 aliphatic heterocycles. The average Bonchev–Trinajstić information content (AvgIpc) is 2.61. The summed E-state index contributed by atoms with van der Waals surface area (Å²) in [5, 5.41) is 11.6. The molecule has 0 saturated carbocycles. The van der Waals surface area contributed by atoms with Crippen LogP contribution >= 0.6 is 11.6 Å². The van der Waals surface area contributed by atoms with Gasteiger partial charge in [0.1, 0.15) is 11.5 Å². The summed E-state index contributed by atoms with van der Waals surface area (Å²) in [6, 6.07) is 16.1. The van der Waals surface area contributed by atoms with Crippen LogP contribution in [0.4, 0.5) is 0 Å². The van der Waals surface area contributed by atoms with Gasteiger partial charge < -0.3 is 9.84 Å². The first-order chi connectivity index (χ1) is 11.6. The fraction of sp³-hybridized carbons (Fsp3) is 0.0500. The minimum atomic E-state index is -0.100. The molecule has 0 amide bonds. The molecule has 3 aromatic carbocycles. The highest BCUT2D eigenvalue weighted by atomic mass is 35.5. The van der Waals surface area contributed by atoms with Crippen LogP contribution in [-0.4, -0.2) is 18.0 Å². The molecule has 0 saturated heterocycles. The Labute approximate surface area is 144 Å². The number of benzene rings is 3. The van der Waals surface area contributed by atoms with E-state index in [0.29, 0.717) is 5.56 Å². The Morgan fingerprint density at radius 1 is 1.04 bits per heavy atom. The van der Waals surface area contributed by atoms with Gasteiger partial charge in [-0.1, -0.05) is 41.9 Å². The van der Waals surface area contributed by atoms with Crippen molar-refractivity contribution in [2.75, 3.05) is 7.11 Å². The van der Waals surface area contributed by atoms with E-state index in [1.807, 2.05) is 30.3 Å². The van der Waals surface area contributed by atoms with Crippen LogP contribution < -0.4 is 4.74 Å². The van der Waals surface area contributed by atoms with E-state index in [4.69, 9.17) is 16.3 Å². The minimum Gasteiger partial charge on any atom is -0.506 e. The van der Waals surface area contributed by atoms with Crippen molar-refractivity contribution in [3.05, 3.63) is 76.8 Å². The Hall–Kier alpha value is -2.78. The number of carbonyl (C=O) groups is 1. The predicted molar refractivity (Wildman–Crippen MR) is 97.0 cm³/mol. The van der Waals surface area contributed by atoms with E-state index in [2.05, 4.69) is 0 Å². The van der Waals surface area contributed by atoms with Gasteiger partial charge in [-0.2, -0.15) is 0 Å². The van der Waals surface area contributed by atoms with E-state index < -0.39 is 0 Å². The second-order valence-corrected chi connectivity index (χ2v) is 5.74. The molecule has 1 N–H and O–H groups in total. The third-order valence-electron chi connectivity index (χ3n) is 3.73. The van der Waals surface area contributed by atoms with E-state index in [1.165, 1.54) is 12.1 Å². The molecular weight excluding hydrogens is 324 g/mol. The number of ketones is 1. The first kappa shape index (κ1) is 16.1. The number of rotatable bonds is 4. The highest BCUT2D eigenvalue weighted by Crippen LogP contribution is 2.25. The van der Waals surface area contributed by atoms with E-state index in [-0.39, 0.29) is 16.6 Å². The van der Waals surface area contributed by atoms with Crippen molar-refractivity contribution in [3.63, 3.8) is 0 Å². The summed E-state index contributed by atoms with van der Waals surface area (Å²) in [6.45, 7) is 0. The molecule has 0 aromatic heterocycles. The molecule has 3 rings (SSSR count). The van der Waals surface area contributed by atoms with Gasteiger partial charge in [-0.3, -0.25) is 4.79 Å². The van der Waals surface area contributed by atoms with Gasteiger partial charge in [-0.25, -0.2) is 0 Å². The smallest absolute Gasteiger partial charge is 0.185 e. The lowest BCUT2D eigenvalue weighted by Crippen LogP contribution is -1.94. The lowest BCUT2D eigenvalue weighted by atomic mass is 10.0. The van der Waals surface area contributed by atoms with Crippen LogP contribution in [0.15, 0.2) is 60.7 Å². The molecule has 0 spiro atoms. The Morgan fingerprint density at radius 2 is 1.79 bits per heavy atom. The van der Waals surface area contributed by atoms with Crippen LogP contribution in [-0.2, 0) is 0 Å². The van der Waals surface area contributed by atoms with Gasteiger partial charge in [-0.05, 0) is 52.7 Å². The van der Waals surface area contributed by atoms with Crippen LogP contribution in [0.25, 0.3) is 16.8 Å². The third kappa shape index (κ3) is 3.42. The van der Waals surface area contributed by atoms with Crippen LogP contribution in [0.3, 0.4) is 0 Å². The molecule has 0 aliphatic rings. The molecule has 3 nitrogen and oxygen atoms in total. The number of ether oxygens (including phenoxy) is 1. The summed E-state index contributed by atoms with van der Waals surface area (Å²) >= 11 is 5.86. The van der Waals surface area contributed by atoms with Crippen LogP contribution in [0.5, 0.6) is 11.5 Å². The summed E-state index contributed by atoms with van der Waals surface area (Å²) in [7, 11) is 1.62. The molecule has 0 unspecified atom stereocenters. The predicted octanol–water partition coefficient (Wildman–Crippen LogP) is 5.10. The number of phenolic OH excluding ortho intramolecular Hbond substituents is 1. The number of allylic oxidation sites excluding steroid dienone is 1. The van der Waals surface area contributed by atoms with Crippen molar-refractivity contribution in [3.8, 4) is 11.5 Å². The summed E-state index contributed by atoms with van der Waals surface area (Å²) in [4.78, 5) is 12.3. The molecule has 0 bridgehead atoms. The lowest BCUT2D eigenvalue weighted by Gasteiger charge is -2.04. The van der Waals surface area contributed by atoms with Crippen LogP contribution in [0.1, 0.15) is 15.9 Å². The number of fused-ring (bicyclic) bond motifs is 1. The minimum absolute atomic E-state index is 0.0186. The van der Waals surface area contributed by atoms with Crippen LogP contribution in [0, 0.1) is 0 Å². The number of aromatic hydroxyl groups is 1. The second-order valence-electron chi connectivity index (χ2n) is 5.34. The average molecular weight is 339 g/mol. The molecule has 0 fully saturated rings. The lowest BCUT2D eigenvalue weighted by molar-refractivity contribution is 0.104. The standard InChI is InChI=1S/C20H15ClO3/c1-24-17-7-6-14-11-16(5-4-15(14)12-17)19(22)8-2-13-3-9-20(23)18(21)10-13/h2-12,23H,1H3/b8-2+. The molecule has 4 heteroatoms. The summed E-state index contributed by atoms with van der Waals surface area (Å²) < 4.78 is 5.20. The summed E-state index contributed by atoms with van der Waals surface area (Å²) in [5.41, 5.74) is 1.35. The van der Waals surface area contributed by atoms with Gasteiger partial charge in [0, 0.05) is 5.56 Å². The first-order valence-corrected chi connectivity index (χ1v) is 7.73. The van der Waals surface area contributed by atoms with Gasteiger partial charge in [0.15, 0.2) is 5.78 Å². The molecule has 0 heterocycles. The van der Waals surface area contributed by atoms with Crippen molar-refractivity contribution in [2.24, 2.45) is 0 Å². The second kappa shape index (κ2) is 6.77. The Morgan fingerprint density at radius 3 is 2.54 bits per heavy atom. The zero-order chi connectivity index (χ0) is 17.1. The van der Waals surface area contributed by atoms with Gasteiger partial charge in [0.25, 0.3) is 0 Å². The number of halogens is 1. The molecule has 120 valence electrons. The van der Waals surface area contributed by atoms with Gasteiger partial charge >= 0.3 is 0 Å². The van der Waals surface area contributed by atoms with Crippen molar-refractivity contribution >= 4 is 34.2 Å². The van der Waals surface area contributed by atoms with Crippen LogP contribution in [0.2, 0.25) is 5.02 Å². The summed E-state index contributed by atoms with van der Waals surface area (Å²) in [5.74, 6) is 0.702. The Balaban J connectivity index is 1.85. The van der Waals surface area contributed by atoms with E-state index in [9.17, 15) is 9.90 Å². The highest BCUT2D eigenvalue weighted by Gasteiger charge is 2.05. The van der Waals surface area contributed by atoms with E-state index >= 15 is 0 Å². The maximum Gasteiger partial charge on any atom is 0.185 e. The zero-order valence-corrected chi connectivity index (χ0v) is 13.7.